The Morgan fingerprint density at radius 2 is 2.42 bits per heavy atom. The number of hydrogen-bond donors (Lipinski definition) is 1. The van der Waals surface area contributed by atoms with Crippen LogP contribution in [-0.2, 0) is 14.3 Å². The molecular weight excluding hydrogens is 272 g/mol. The van der Waals surface area contributed by atoms with E-state index in [2.05, 4.69) is 9.97 Å². The average molecular weight is 287 g/mol. The molecule has 104 valence electrons. The highest BCUT2D eigenvalue weighted by Gasteiger charge is 2.48. The second-order valence-corrected chi connectivity index (χ2v) is 4.64. The molecule has 1 aromatic rings. The molecule has 7 nitrogen and oxygen atoms in total. The zero-order valence-corrected chi connectivity index (χ0v) is 11.5. The van der Waals surface area contributed by atoms with Crippen molar-refractivity contribution >= 4 is 29.1 Å². The standard InChI is InChI=1S/C11H15ClN4O3/c1-16(8-7(13)5-14-10(12)15-8)11(9(17)18-2)3-4-19-6-11/h5H,3-4,6,13H2,1-2H3. The van der Waals surface area contributed by atoms with Crippen molar-refractivity contribution in [3.8, 4) is 0 Å². The van der Waals surface area contributed by atoms with Crippen molar-refractivity contribution in [3.63, 3.8) is 0 Å². The van der Waals surface area contributed by atoms with Crippen LogP contribution in [0.3, 0.4) is 0 Å². The van der Waals surface area contributed by atoms with Crippen molar-refractivity contribution < 1.29 is 14.3 Å². The van der Waals surface area contributed by atoms with E-state index in [0.717, 1.165) is 0 Å². The lowest BCUT2D eigenvalue weighted by Crippen LogP contribution is -2.55. The van der Waals surface area contributed by atoms with Gasteiger partial charge in [-0.1, -0.05) is 0 Å². The van der Waals surface area contributed by atoms with Gasteiger partial charge in [0.15, 0.2) is 11.4 Å². The summed E-state index contributed by atoms with van der Waals surface area (Å²) in [5, 5.41) is 0.0648. The van der Waals surface area contributed by atoms with Gasteiger partial charge in [0.1, 0.15) is 0 Å². The zero-order valence-electron chi connectivity index (χ0n) is 10.7. The van der Waals surface area contributed by atoms with Gasteiger partial charge in [-0.3, -0.25) is 0 Å². The van der Waals surface area contributed by atoms with Crippen LogP contribution in [0.2, 0.25) is 5.28 Å². The number of carbonyl (C=O) groups excluding carboxylic acids is 1. The molecule has 1 aromatic heterocycles. The third kappa shape index (κ3) is 2.31. The molecule has 1 aliphatic rings. The van der Waals surface area contributed by atoms with E-state index in [1.165, 1.54) is 13.3 Å². The van der Waals surface area contributed by atoms with E-state index in [9.17, 15) is 4.79 Å². The van der Waals surface area contributed by atoms with Crippen molar-refractivity contribution in [2.75, 3.05) is 38.0 Å². The number of nitrogens with two attached hydrogens (primary N) is 1. The molecular formula is C11H15ClN4O3. The maximum atomic E-state index is 12.1. The van der Waals surface area contributed by atoms with Crippen molar-refractivity contribution in [1.82, 2.24) is 9.97 Å². The minimum atomic E-state index is -0.930. The number of aromatic nitrogens is 2. The number of rotatable bonds is 3. The first kappa shape index (κ1) is 13.8. The fourth-order valence-corrected chi connectivity index (χ4v) is 2.27. The fourth-order valence-electron chi connectivity index (χ4n) is 2.14. The Hall–Kier alpha value is -1.60. The molecule has 2 N–H and O–H groups in total. The third-order valence-corrected chi connectivity index (χ3v) is 3.47. The third-order valence-electron chi connectivity index (χ3n) is 3.29. The van der Waals surface area contributed by atoms with Crippen LogP contribution in [0.25, 0.3) is 0 Å². The highest BCUT2D eigenvalue weighted by atomic mass is 35.5. The molecule has 1 aliphatic heterocycles. The predicted octanol–water partition coefficient (Wildman–Crippen LogP) is 0.480. The van der Waals surface area contributed by atoms with E-state index in [1.807, 2.05) is 0 Å². The first-order valence-corrected chi connectivity index (χ1v) is 6.07. The monoisotopic (exact) mass is 286 g/mol. The molecule has 0 amide bonds. The largest absolute Gasteiger partial charge is 0.467 e. The molecule has 2 rings (SSSR count). The van der Waals surface area contributed by atoms with Gasteiger partial charge in [-0.2, -0.15) is 4.98 Å². The van der Waals surface area contributed by atoms with E-state index in [1.54, 1.807) is 11.9 Å². The number of nitrogen functional groups attached to an aromatic ring is 1. The molecule has 1 fully saturated rings. The molecule has 2 heterocycles. The number of ether oxygens (including phenoxy) is 2. The molecule has 1 atom stereocenters. The second kappa shape index (κ2) is 5.18. The number of likely N-dealkylation sites (N-methyl/N-ethyl adjacent to an activating group) is 1. The van der Waals surface area contributed by atoms with Gasteiger partial charge < -0.3 is 20.1 Å². The van der Waals surface area contributed by atoms with Gasteiger partial charge in [0, 0.05) is 20.1 Å². The molecule has 0 saturated carbocycles. The number of carbonyl (C=O) groups is 1. The van der Waals surface area contributed by atoms with Gasteiger partial charge in [0.2, 0.25) is 5.28 Å². The van der Waals surface area contributed by atoms with Crippen LogP contribution < -0.4 is 10.6 Å². The van der Waals surface area contributed by atoms with Crippen LogP contribution >= 0.6 is 11.6 Å². The highest BCUT2D eigenvalue weighted by molar-refractivity contribution is 6.28. The summed E-state index contributed by atoms with van der Waals surface area (Å²) >= 11 is 5.77. The summed E-state index contributed by atoms with van der Waals surface area (Å²) in [4.78, 5) is 21.6. The van der Waals surface area contributed by atoms with Crippen LogP contribution in [0.1, 0.15) is 6.42 Å². The zero-order chi connectivity index (χ0) is 14.0. The summed E-state index contributed by atoms with van der Waals surface area (Å²) < 4.78 is 10.2. The summed E-state index contributed by atoms with van der Waals surface area (Å²) in [6, 6.07) is 0. The van der Waals surface area contributed by atoms with Gasteiger partial charge in [0.05, 0.1) is 25.6 Å². The Morgan fingerprint density at radius 3 is 3.00 bits per heavy atom. The SMILES string of the molecule is COC(=O)C1(N(C)c2nc(Cl)ncc2N)CCOC1. The number of methoxy groups -OCH3 is 1. The average Bonchev–Trinajstić information content (AvgIpc) is 2.90. The van der Waals surface area contributed by atoms with Gasteiger partial charge in [-0.15, -0.1) is 0 Å². The molecule has 8 heteroatoms. The lowest BCUT2D eigenvalue weighted by molar-refractivity contribution is -0.147. The first-order valence-electron chi connectivity index (χ1n) is 5.69. The Kier molecular flexibility index (Phi) is 3.77. The highest BCUT2D eigenvalue weighted by Crippen LogP contribution is 2.33. The molecule has 1 unspecified atom stereocenters. The number of anilines is 2. The first-order chi connectivity index (χ1) is 9.01. The lowest BCUT2D eigenvalue weighted by Gasteiger charge is -2.35. The molecule has 0 aliphatic carbocycles. The maximum absolute atomic E-state index is 12.1. The number of nitrogens with zero attached hydrogens (tertiary/aromatic N) is 3. The van der Waals surface area contributed by atoms with Gasteiger partial charge in [0.25, 0.3) is 0 Å². The smallest absolute Gasteiger partial charge is 0.334 e. The number of hydrogen-bond acceptors (Lipinski definition) is 7. The van der Waals surface area contributed by atoms with Crippen molar-refractivity contribution in [2.45, 2.75) is 12.0 Å². The minimum Gasteiger partial charge on any atom is -0.467 e. The fraction of sp³-hybridized carbons (Fsp3) is 0.545. The molecule has 19 heavy (non-hydrogen) atoms. The van der Waals surface area contributed by atoms with Crippen LogP contribution in [0.15, 0.2) is 6.20 Å². The minimum absolute atomic E-state index is 0.0648. The Bertz CT molecular complexity index is 491. The van der Waals surface area contributed by atoms with Gasteiger partial charge in [-0.25, -0.2) is 9.78 Å². The van der Waals surface area contributed by atoms with Crippen LogP contribution in [0, 0.1) is 0 Å². The molecule has 0 spiro atoms. The molecule has 0 bridgehead atoms. The van der Waals surface area contributed by atoms with Crippen LogP contribution in [0.5, 0.6) is 0 Å². The van der Waals surface area contributed by atoms with Crippen molar-refractivity contribution in [1.29, 1.82) is 0 Å². The maximum Gasteiger partial charge on any atom is 0.334 e. The second-order valence-electron chi connectivity index (χ2n) is 4.30. The van der Waals surface area contributed by atoms with Crippen molar-refractivity contribution in [2.24, 2.45) is 0 Å². The Morgan fingerprint density at radius 1 is 1.68 bits per heavy atom. The van der Waals surface area contributed by atoms with Gasteiger partial charge in [-0.05, 0) is 11.6 Å². The van der Waals surface area contributed by atoms with Crippen molar-refractivity contribution in [3.05, 3.63) is 11.5 Å². The van der Waals surface area contributed by atoms with E-state index in [4.69, 9.17) is 26.8 Å². The van der Waals surface area contributed by atoms with Crippen LogP contribution in [-0.4, -0.2) is 48.8 Å². The van der Waals surface area contributed by atoms with E-state index < -0.39 is 5.54 Å². The summed E-state index contributed by atoms with van der Waals surface area (Å²) in [5.74, 6) is -0.00228. The lowest BCUT2D eigenvalue weighted by atomic mass is 9.96. The predicted molar refractivity (Wildman–Crippen MR) is 70.0 cm³/mol. The summed E-state index contributed by atoms with van der Waals surface area (Å²) in [6.07, 6.45) is 1.90. The normalized spacial score (nSPS) is 22.3. The van der Waals surface area contributed by atoms with E-state index >= 15 is 0 Å². The molecule has 1 saturated heterocycles. The summed E-state index contributed by atoms with van der Waals surface area (Å²) in [6.45, 7) is 0.690. The van der Waals surface area contributed by atoms with E-state index in [-0.39, 0.29) is 17.9 Å². The molecule has 0 radical (unpaired) electrons. The Labute approximate surface area is 115 Å². The molecule has 0 aromatic carbocycles. The van der Waals surface area contributed by atoms with Gasteiger partial charge >= 0.3 is 5.97 Å². The number of halogens is 1. The quantitative estimate of drug-likeness (QED) is 0.638. The Balaban J connectivity index is 2.42. The summed E-state index contributed by atoms with van der Waals surface area (Å²) in [7, 11) is 3.05. The summed E-state index contributed by atoms with van der Waals surface area (Å²) in [5.41, 5.74) is 5.25. The van der Waals surface area contributed by atoms with E-state index in [0.29, 0.717) is 24.5 Å². The number of esters is 1. The van der Waals surface area contributed by atoms with Crippen LogP contribution in [0.4, 0.5) is 11.5 Å². The topological polar surface area (TPSA) is 90.6 Å².